The fourth-order valence-corrected chi connectivity index (χ4v) is 3.37. The predicted molar refractivity (Wildman–Crippen MR) is 75.7 cm³/mol. The van der Waals surface area contributed by atoms with E-state index < -0.39 is 11.7 Å². The summed E-state index contributed by atoms with van der Waals surface area (Å²) in [6, 6.07) is 0.594. The Balaban J connectivity index is 2.77. The SMILES string of the molecule is CCC(CC)N(C)CC1C(O)C(C)(C)OC1(C)C. The molecule has 1 N–H and O–H groups in total. The molecule has 1 heterocycles. The molecule has 1 rings (SSSR count). The van der Waals surface area contributed by atoms with Gasteiger partial charge in [0.15, 0.2) is 0 Å². The summed E-state index contributed by atoms with van der Waals surface area (Å²) in [6.45, 7) is 13.5. The summed E-state index contributed by atoms with van der Waals surface area (Å²) >= 11 is 0. The predicted octanol–water partition coefficient (Wildman–Crippen LogP) is 2.67. The van der Waals surface area contributed by atoms with Gasteiger partial charge in [-0.05, 0) is 47.6 Å². The van der Waals surface area contributed by atoms with Gasteiger partial charge in [0, 0.05) is 18.5 Å². The van der Waals surface area contributed by atoms with Crippen molar-refractivity contribution in [1.29, 1.82) is 0 Å². The molecule has 0 aromatic heterocycles. The highest BCUT2D eigenvalue weighted by molar-refractivity contribution is 5.02. The van der Waals surface area contributed by atoms with E-state index in [0.717, 1.165) is 19.4 Å². The Hall–Kier alpha value is -0.120. The van der Waals surface area contributed by atoms with Gasteiger partial charge < -0.3 is 14.7 Å². The molecule has 108 valence electrons. The minimum absolute atomic E-state index is 0.165. The number of rotatable bonds is 5. The topological polar surface area (TPSA) is 32.7 Å². The lowest BCUT2D eigenvalue weighted by molar-refractivity contribution is -0.0914. The lowest BCUT2D eigenvalue weighted by Gasteiger charge is -2.34. The molecule has 0 aliphatic carbocycles. The van der Waals surface area contributed by atoms with Crippen LogP contribution in [-0.4, -0.2) is 46.9 Å². The van der Waals surface area contributed by atoms with Crippen LogP contribution in [0.3, 0.4) is 0 Å². The third kappa shape index (κ3) is 3.06. The molecule has 1 saturated heterocycles. The number of hydrogen-bond donors (Lipinski definition) is 1. The van der Waals surface area contributed by atoms with Crippen molar-refractivity contribution < 1.29 is 9.84 Å². The first-order chi connectivity index (χ1) is 8.15. The van der Waals surface area contributed by atoms with E-state index in [0.29, 0.717) is 6.04 Å². The molecule has 0 amide bonds. The van der Waals surface area contributed by atoms with E-state index in [4.69, 9.17) is 4.74 Å². The molecule has 1 fully saturated rings. The second-order valence-corrected chi connectivity index (χ2v) is 6.77. The van der Waals surface area contributed by atoms with Crippen molar-refractivity contribution >= 4 is 0 Å². The number of aliphatic hydroxyl groups excluding tert-OH is 1. The van der Waals surface area contributed by atoms with E-state index >= 15 is 0 Å². The zero-order chi connectivity index (χ0) is 14.1. The molecule has 1 aliphatic rings. The summed E-state index contributed by atoms with van der Waals surface area (Å²) in [5.74, 6) is 0.165. The molecule has 0 aromatic carbocycles. The first kappa shape index (κ1) is 15.9. The first-order valence-electron chi connectivity index (χ1n) is 7.24. The molecule has 2 unspecified atom stereocenters. The fourth-order valence-electron chi connectivity index (χ4n) is 3.37. The Labute approximate surface area is 113 Å². The minimum atomic E-state index is -0.442. The first-order valence-corrected chi connectivity index (χ1v) is 7.24. The number of nitrogens with zero attached hydrogens (tertiary/aromatic N) is 1. The van der Waals surface area contributed by atoms with Crippen LogP contribution in [0.4, 0.5) is 0 Å². The maximum absolute atomic E-state index is 10.5. The van der Waals surface area contributed by atoms with Crippen LogP contribution in [0, 0.1) is 5.92 Å². The standard InChI is InChI=1S/C15H31NO2/c1-8-11(9-2)16(7)10-12-13(17)15(5,6)18-14(12,3)4/h11-13,17H,8-10H2,1-7H3. The molecule has 18 heavy (non-hydrogen) atoms. The van der Waals surface area contributed by atoms with Crippen molar-refractivity contribution in [2.75, 3.05) is 13.6 Å². The molecular formula is C15H31NO2. The van der Waals surface area contributed by atoms with E-state index in [-0.39, 0.29) is 11.5 Å². The van der Waals surface area contributed by atoms with Crippen molar-refractivity contribution in [1.82, 2.24) is 4.90 Å². The average molecular weight is 257 g/mol. The van der Waals surface area contributed by atoms with Crippen LogP contribution in [0.25, 0.3) is 0 Å². The fraction of sp³-hybridized carbons (Fsp3) is 1.00. The van der Waals surface area contributed by atoms with Crippen LogP contribution < -0.4 is 0 Å². The second kappa shape index (κ2) is 5.48. The van der Waals surface area contributed by atoms with Crippen LogP contribution >= 0.6 is 0 Å². The maximum Gasteiger partial charge on any atom is 0.0896 e. The van der Waals surface area contributed by atoms with Gasteiger partial charge in [-0.25, -0.2) is 0 Å². The third-order valence-electron chi connectivity index (χ3n) is 4.56. The quantitative estimate of drug-likeness (QED) is 0.822. The molecule has 2 atom stereocenters. The third-order valence-corrected chi connectivity index (χ3v) is 4.56. The molecule has 0 spiro atoms. The smallest absolute Gasteiger partial charge is 0.0896 e. The van der Waals surface area contributed by atoms with Crippen LogP contribution in [-0.2, 0) is 4.74 Å². The lowest BCUT2D eigenvalue weighted by Crippen LogP contribution is -2.45. The zero-order valence-electron chi connectivity index (χ0n) is 13.2. The van der Waals surface area contributed by atoms with Crippen molar-refractivity contribution in [3.05, 3.63) is 0 Å². The van der Waals surface area contributed by atoms with E-state index in [2.05, 4.69) is 39.6 Å². The largest absolute Gasteiger partial charge is 0.390 e. The van der Waals surface area contributed by atoms with Gasteiger partial charge in [-0.2, -0.15) is 0 Å². The number of ether oxygens (including phenoxy) is 1. The van der Waals surface area contributed by atoms with Gasteiger partial charge in [0.1, 0.15) is 0 Å². The zero-order valence-corrected chi connectivity index (χ0v) is 13.2. The molecule has 0 bridgehead atoms. The maximum atomic E-state index is 10.5. The molecule has 3 heteroatoms. The van der Waals surface area contributed by atoms with E-state index in [1.165, 1.54) is 0 Å². The Morgan fingerprint density at radius 3 is 1.94 bits per heavy atom. The van der Waals surface area contributed by atoms with E-state index in [1.54, 1.807) is 0 Å². The summed E-state index contributed by atoms with van der Waals surface area (Å²) in [6.07, 6.45) is 1.91. The molecule has 0 radical (unpaired) electrons. The van der Waals surface area contributed by atoms with Crippen LogP contribution in [0.5, 0.6) is 0 Å². The molecule has 0 saturated carbocycles. The summed E-state index contributed by atoms with van der Waals surface area (Å²) < 4.78 is 6.03. The highest BCUT2D eigenvalue weighted by atomic mass is 16.5. The van der Waals surface area contributed by atoms with Crippen molar-refractivity contribution in [3.8, 4) is 0 Å². The minimum Gasteiger partial charge on any atom is -0.390 e. The Morgan fingerprint density at radius 1 is 1.11 bits per heavy atom. The van der Waals surface area contributed by atoms with Gasteiger partial charge in [-0.3, -0.25) is 0 Å². The van der Waals surface area contributed by atoms with E-state index in [1.807, 2.05) is 13.8 Å². The summed E-state index contributed by atoms with van der Waals surface area (Å²) in [5.41, 5.74) is -0.702. The lowest BCUT2D eigenvalue weighted by atomic mass is 9.84. The van der Waals surface area contributed by atoms with Gasteiger partial charge in [-0.1, -0.05) is 13.8 Å². The van der Waals surface area contributed by atoms with Crippen LogP contribution in [0.2, 0.25) is 0 Å². The van der Waals surface area contributed by atoms with Crippen LogP contribution in [0.1, 0.15) is 54.4 Å². The number of aliphatic hydroxyl groups is 1. The second-order valence-electron chi connectivity index (χ2n) is 6.77. The highest BCUT2D eigenvalue weighted by Crippen LogP contribution is 2.42. The van der Waals surface area contributed by atoms with Gasteiger partial charge in [-0.15, -0.1) is 0 Å². The van der Waals surface area contributed by atoms with Crippen molar-refractivity contribution in [3.63, 3.8) is 0 Å². The van der Waals surface area contributed by atoms with Gasteiger partial charge in [0.25, 0.3) is 0 Å². The average Bonchev–Trinajstić information content (AvgIpc) is 2.38. The Morgan fingerprint density at radius 2 is 1.61 bits per heavy atom. The molecule has 0 aromatic rings. The van der Waals surface area contributed by atoms with Gasteiger partial charge in [0.2, 0.25) is 0 Å². The summed E-state index contributed by atoms with van der Waals surface area (Å²) in [4.78, 5) is 2.38. The number of hydrogen-bond acceptors (Lipinski definition) is 3. The van der Waals surface area contributed by atoms with Crippen molar-refractivity contribution in [2.45, 2.75) is 77.7 Å². The van der Waals surface area contributed by atoms with Crippen molar-refractivity contribution in [2.24, 2.45) is 5.92 Å². The van der Waals surface area contributed by atoms with E-state index in [9.17, 15) is 5.11 Å². The normalized spacial score (nSPS) is 30.3. The summed E-state index contributed by atoms with van der Waals surface area (Å²) in [5, 5.41) is 10.5. The molecule has 1 aliphatic heterocycles. The van der Waals surface area contributed by atoms with Gasteiger partial charge >= 0.3 is 0 Å². The molecule has 3 nitrogen and oxygen atoms in total. The molecular weight excluding hydrogens is 226 g/mol. The summed E-state index contributed by atoms with van der Waals surface area (Å²) in [7, 11) is 2.16. The van der Waals surface area contributed by atoms with Crippen LogP contribution in [0.15, 0.2) is 0 Å². The van der Waals surface area contributed by atoms with Gasteiger partial charge in [0.05, 0.1) is 17.3 Å². The Bertz CT molecular complexity index is 272. The Kier molecular flexibility index (Phi) is 4.85. The monoisotopic (exact) mass is 257 g/mol. The highest BCUT2D eigenvalue weighted by Gasteiger charge is 2.53.